The van der Waals surface area contributed by atoms with E-state index in [4.69, 9.17) is 4.98 Å². The molecule has 10 nitrogen and oxygen atoms in total. The van der Waals surface area contributed by atoms with Crippen molar-refractivity contribution in [1.29, 1.82) is 0 Å². The second kappa shape index (κ2) is 11.5. The van der Waals surface area contributed by atoms with Crippen molar-refractivity contribution in [2.45, 2.75) is 33.6 Å². The van der Waals surface area contributed by atoms with Crippen molar-refractivity contribution in [3.8, 4) is 33.9 Å². The molecule has 6 aromatic rings. The van der Waals surface area contributed by atoms with E-state index in [9.17, 15) is 17.6 Å². The van der Waals surface area contributed by atoms with Crippen LogP contribution in [0.5, 0.6) is 0 Å². The minimum atomic E-state index is -3.20. The van der Waals surface area contributed by atoms with Crippen LogP contribution in [0.15, 0.2) is 67.1 Å². The molecule has 5 aromatic heterocycles. The van der Waals surface area contributed by atoms with Gasteiger partial charge in [0.1, 0.15) is 26.9 Å². The van der Waals surface area contributed by atoms with E-state index in [1.807, 2.05) is 51.1 Å². The smallest absolute Gasteiger partial charge is 0.224 e. The first-order chi connectivity index (χ1) is 21.3. The van der Waals surface area contributed by atoms with Crippen LogP contribution >= 0.6 is 0 Å². The van der Waals surface area contributed by atoms with E-state index in [1.165, 1.54) is 12.1 Å². The summed E-state index contributed by atoms with van der Waals surface area (Å²) < 4.78 is 38.0. The van der Waals surface area contributed by atoms with Crippen molar-refractivity contribution in [2.75, 3.05) is 17.3 Å². The van der Waals surface area contributed by atoms with Crippen LogP contribution < -0.4 is 5.32 Å². The average molecular weight is 626 g/mol. The van der Waals surface area contributed by atoms with Crippen molar-refractivity contribution in [3.63, 3.8) is 0 Å². The number of nitrogens with one attached hydrogen (secondary N) is 3. The molecule has 0 spiro atoms. The largest absolute Gasteiger partial charge is 0.353 e. The number of H-pyrrole nitrogens is 2. The Bertz CT molecular complexity index is 2180. The number of aromatic amines is 2. The van der Waals surface area contributed by atoms with Gasteiger partial charge in [0.2, 0.25) is 5.91 Å². The van der Waals surface area contributed by atoms with Gasteiger partial charge in [-0.25, -0.2) is 17.8 Å². The molecule has 0 saturated heterocycles. The van der Waals surface area contributed by atoms with Crippen LogP contribution in [-0.2, 0) is 21.1 Å². The van der Waals surface area contributed by atoms with Crippen molar-refractivity contribution >= 4 is 43.4 Å². The van der Waals surface area contributed by atoms with Gasteiger partial charge in [-0.2, -0.15) is 5.10 Å². The molecule has 0 aliphatic rings. The summed E-state index contributed by atoms with van der Waals surface area (Å²) in [6.45, 7) is 6.03. The molecule has 1 aromatic carbocycles. The van der Waals surface area contributed by atoms with E-state index in [0.29, 0.717) is 51.5 Å². The van der Waals surface area contributed by atoms with Gasteiger partial charge in [-0.15, -0.1) is 0 Å². The Balaban J connectivity index is 1.34. The molecule has 0 aliphatic heterocycles. The quantitative estimate of drug-likeness (QED) is 0.179. The Kier molecular flexibility index (Phi) is 7.69. The summed E-state index contributed by atoms with van der Waals surface area (Å²) in [6.07, 6.45) is 6.68. The highest BCUT2D eigenvalue weighted by Crippen LogP contribution is 2.34. The minimum absolute atomic E-state index is 0.0742. The molecule has 230 valence electrons. The summed E-state index contributed by atoms with van der Waals surface area (Å²) in [5.41, 5.74) is 6.92. The number of hydrogen-bond acceptors (Lipinski definition) is 7. The van der Waals surface area contributed by atoms with E-state index in [2.05, 4.69) is 30.5 Å². The average Bonchev–Trinajstić information content (AvgIpc) is 3.58. The zero-order chi connectivity index (χ0) is 31.9. The number of hydrogen-bond donors (Lipinski definition) is 3. The van der Waals surface area contributed by atoms with E-state index in [-0.39, 0.29) is 23.5 Å². The number of anilines is 1. The van der Waals surface area contributed by atoms with Gasteiger partial charge in [0.05, 0.1) is 40.2 Å². The topological polar surface area (TPSA) is 146 Å². The predicted octanol–water partition coefficient (Wildman–Crippen LogP) is 6.33. The van der Waals surface area contributed by atoms with Crippen molar-refractivity contribution < 1.29 is 17.6 Å². The molecule has 1 amide bonds. The number of carbonyl (C=O) groups is 1. The summed E-state index contributed by atoms with van der Waals surface area (Å²) in [5.74, 6) is -0.624. The highest BCUT2D eigenvalue weighted by Gasteiger charge is 2.18. The number of rotatable bonds is 8. The normalized spacial score (nSPS) is 12.2. The molecule has 3 N–H and O–H groups in total. The lowest BCUT2D eigenvalue weighted by molar-refractivity contribution is -0.117. The maximum absolute atomic E-state index is 14.6. The number of amides is 1. The van der Waals surface area contributed by atoms with Gasteiger partial charge < -0.3 is 10.3 Å². The highest BCUT2D eigenvalue weighted by molar-refractivity contribution is 7.90. The van der Waals surface area contributed by atoms with Crippen molar-refractivity contribution in [1.82, 2.24) is 30.1 Å². The molecule has 0 atom stereocenters. The van der Waals surface area contributed by atoms with E-state index < -0.39 is 15.7 Å². The number of aryl methyl sites for hydroxylation is 1. The predicted molar refractivity (Wildman–Crippen MR) is 174 cm³/mol. The third-order valence-corrected chi connectivity index (χ3v) is 8.16. The molecule has 0 bridgehead atoms. The maximum atomic E-state index is 14.6. The summed E-state index contributed by atoms with van der Waals surface area (Å²) in [5, 5.41) is 11.2. The maximum Gasteiger partial charge on any atom is 0.224 e. The molecule has 0 fully saturated rings. The monoisotopic (exact) mass is 625 g/mol. The van der Waals surface area contributed by atoms with Crippen LogP contribution in [-0.4, -0.2) is 56.5 Å². The van der Waals surface area contributed by atoms with Crippen molar-refractivity contribution in [3.05, 3.63) is 78.5 Å². The third-order valence-electron chi connectivity index (χ3n) is 7.21. The van der Waals surface area contributed by atoms with Gasteiger partial charge in [0, 0.05) is 47.1 Å². The minimum Gasteiger partial charge on any atom is -0.353 e. The molecule has 12 heteroatoms. The zero-order valence-corrected chi connectivity index (χ0v) is 26.1. The molecular weight excluding hydrogens is 593 g/mol. The third kappa shape index (κ3) is 6.91. The SMILES string of the molecule is CC(C)(C)CC(=O)Nc1cncc(-c2ccc3[nH]nc(-c4cc5c(-c6cc(F)cc(CCS(C)(=O)=O)c6)nccc5[nH]4)c3n2)c1. The van der Waals surface area contributed by atoms with Crippen LogP contribution in [0.1, 0.15) is 32.8 Å². The highest BCUT2D eigenvalue weighted by atomic mass is 32.2. The van der Waals surface area contributed by atoms with Gasteiger partial charge in [0.15, 0.2) is 0 Å². The zero-order valence-electron chi connectivity index (χ0n) is 25.3. The fourth-order valence-electron chi connectivity index (χ4n) is 5.23. The number of halogens is 1. The lowest BCUT2D eigenvalue weighted by atomic mass is 9.92. The Morgan fingerprint density at radius 1 is 0.978 bits per heavy atom. The number of nitrogens with zero attached hydrogens (tertiary/aromatic N) is 4. The molecule has 6 rings (SSSR count). The molecular formula is C33H32FN7O3S. The summed E-state index contributed by atoms with van der Waals surface area (Å²) in [6, 6.07) is 13.8. The van der Waals surface area contributed by atoms with Crippen LogP contribution in [0.4, 0.5) is 10.1 Å². The van der Waals surface area contributed by atoms with Gasteiger partial charge in [-0.1, -0.05) is 20.8 Å². The van der Waals surface area contributed by atoms with Crippen LogP contribution in [0.2, 0.25) is 0 Å². The van der Waals surface area contributed by atoms with Crippen LogP contribution in [0.25, 0.3) is 55.8 Å². The molecule has 0 unspecified atom stereocenters. The number of pyridine rings is 3. The Morgan fingerprint density at radius 3 is 2.58 bits per heavy atom. The fraction of sp³-hybridized carbons (Fsp3) is 0.242. The molecule has 0 aliphatic carbocycles. The number of sulfone groups is 1. The van der Waals surface area contributed by atoms with Gasteiger partial charge >= 0.3 is 0 Å². The van der Waals surface area contributed by atoms with Gasteiger partial charge in [0.25, 0.3) is 0 Å². The first kappa shape index (κ1) is 30.1. The molecule has 5 heterocycles. The molecule has 0 saturated carbocycles. The van der Waals surface area contributed by atoms with Gasteiger partial charge in [-0.05, 0) is 65.9 Å². The Labute approximate surface area is 259 Å². The number of aromatic nitrogens is 6. The second-order valence-corrected chi connectivity index (χ2v) is 14.7. The van der Waals surface area contributed by atoms with Crippen LogP contribution in [0, 0.1) is 11.2 Å². The number of carbonyl (C=O) groups excluding carboxylic acids is 1. The summed E-state index contributed by atoms with van der Waals surface area (Å²) in [4.78, 5) is 29.6. The van der Waals surface area contributed by atoms with Gasteiger partial charge in [-0.3, -0.25) is 19.9 Å². The van der Waals surface area contributed by atoms with Crippen molar-refractivity contribution in [2.24, 2.45) is 5.41 Å². The number of benzene rings is 1. The Hall–Kier alpha value is -4.97. The lowest BCUT2D eigenvalue weighted by Gasteiger charge is -2.17. The molecule has 45 heavy (non-hydrogen) atoms. The number of fused-ring (bicyclic) bond motifs is 2. The second-order valence-electron chi connectivity index (χ2n) is 12.4. The Morgan fingerprint density at radius 2 is 1.80 bits per heavy atom. The van der Waals surface area contributed by atoms with E-state index >= 15 is 0 Å². The first-order valence-electron chi connectivity index (χ1n) is 14.4. The van der Waals surface area contributed by atoms with E-state index in [1.54, 1.807) is 24.7 Å². The fourth-order valence-corrected chi connectivity index (χ4v) is 5.84. The van der Waals surface area contributed by atoms with Crippen LogP contribution in [0.3, 0.4) is 0 Å². The summed E-state index contributed by atoms with van der Waals surface area (Å²) >= 11 is 0. The summed E-state index contributed by atoms with van der Waals surface area (Å²) in [7, 11) is -3.20. The first-order valence-corrected chi connectivity index (χ1v) is 16.4. The standard InChI is InChI=1S/C33H32FN7O3S/c1-33(2,3)16-29(42)37-23-14-21(17-35-18-23)25-5-6-27-31(39-25)32(41-40-27)28-15-24-26(38-28)7-9-36-30(24)20-11-19(12-22(34)13-20)8-10-45(4,43)44/h5-7,9,11-15,17-18,38H,8,10,16H2,1-4H3,(H,37,42)(H,40,41). The molecule has 0 radical (unpaired) electrons. The lowest BCUT2D eigenvalue weighted by Crippen LogP contribution is -2.19. The van der Waals surface area contributed by atoms with E-state index in [0.717, 1.165) is 28.2 Å².